The molecule has 0 aliphatic heterocycles. The summed E-state index contributed by atoms with van der Waals surface area (Å²) in [6, 6.07) is 8.43. The predicted molar refractivity (Wildman–Crippen MR) is 81.8 cm³/mol. The first kappa shape index (κ1) is 16.1. The number of methoxy groups -OCH3 is 2. The molecule has 3 nitrogen and oxygen atoms in total. The standard InChI is InChI=1S/C15H24O3Si/c1-5-13-8-6-9-14(12-13)10-7-11-18-19-15(2,16-3)17-4/h5-6,8-9,12H,1,7,10-11,19H2,2-4H3. The fourth-order valence-corrected chi connectivity index (χ4v) is 2.67. The van der Waals surface area contributed by atoms with Gasteiger partial charge in [-0.05, 0) is 30.9 Å². The highest BCUT2D eigenvalue weighted by atomic mass is 28.2. The molecule has 0 fully saturated rings. The van der Waals surface area contributed by atoms with Gasteiger partial charge < -0.3 is 13.9 Å². The summed E-state index contributed by atoms with van der Waals surface area (Å²) in [5.74, 6) is 0. The summed E-state index contributed by atoms with van der Waals surface area (Å²) in [4.78, 5) is 0. The summed E-state index contributed by atoms with van der Waals surface area (Å²) in [6.07, 6.45) is 3.90. The Hall–Kier alpha value is -0.943. The summed E-state index contributed by atoms with van der Waals surface area (Å²) in [7, 11) is 2.46. The van der Waals surface area contributed by atoms with Gasteiger partial charge in [0.1, 0.15) is 0 Å². The van der Waals surface area contributed by atoms with Crippen LogP contribution in [0.25, 0.3) is 6.08 Å². The lowest BCUT2D eigenvalue weighted by Crippen LogP contribution is -2.38. The Labute approximate surface area is 118 Å². The highest BCUT2D eigenvalue weighted by Crippen LogP contribution is 2.10. The molecule has 0 unspecified atom stereocenters. The van der Waals surface area contributed by atoms with Crippen molar-refractivity contribution in [3.63, 3.8) is 0 Å². The highest BCUT2D eigenvalue weighted by molar-refractivity contribution is 6.30. The van der Waals surface area contributed by atoms with Crippen LogP contribution in [0.3, 0.4) is 0 Å². The maximum atomic E-state index is 5.73. The molecule has 106 valence electrons. The predicted octanol–water partition coefficient (Wildman–Crippen LogP) is 2.33. The first-order valence-corrected chi connectivity index (χ1v) is 7.81. The molecule has 0 saturated heterocycles. The molecule has 0 aliphatic rings. The zero-order chi connectivity index (χ0) is 14.1. The monoisotopic (exact) mass is 280 g/mol. The minimum atomic E-state index is -0.844. The van der Waals surface area contributed by atoms with Gasteiger partial charge in [0.15, 0.2) is 5.41 Å². The maximum absolute atomic E-state index is 5.73. The van der Waals surface area contributed by atoms with Crippen molar-refractivity contribution >= 4 is 15.8 Å². The lowest BCUT2D eigenvalue weighted by molar-refractivity contribution is -0.138. The van der Waals surface area contributed by atoms with Gasteiger partial charge in [-0.2, -0.15) is 0 Å². The Morgan fingerprint density at radius 3 is 2.68 bits per heavy atom. The van der Waals surface area contributed by atoms with Crippen LogP contribution in [0.4, 0.5) is 0 Å². The van der Waals surface area contributed by atoms with Crippen LogP contribution in [0.1, 0.15) is 24.5 Å². The highest BCUT2D eigenvalue weighted by Gasteiger charge is 2.23. The summed E-state index contributed by atoms with van der Waals surface area (Å²) in [5, 5.41) is 0. The third-order valence-corrected chi connectivity index (χ3v) is 4.76. The average molecular weight is 280 g/mol. The molecule has 0 heterocycles. The van der Waals surface area contributed by atoms with E-state index in [-0.39, 0.29) is 0 Å². The number of benzene rings is 1. The Morgan fingerprint density at radius 2 is 2.05 bits per heavy atom. The van der Waals surface area contributed by atoms with Crippen LogP contribution in [0.5, 0.6) is 0 Å². The van der Waals surface area contributed by atoms with Crippen LogP contribution in [0.15, 0.2) is 30.8 Å². The summed E-state index contributed by atoms with van der Waals surface area (Å²) in [5.41, 5.74) is 1.98. The Bertz CT molecular complexity index is 389. The van der Waals surface area contributed by atoms with Crippen molar-refractivity contribution in [1.29, 1.82) is 0 Å². The summed E-state index contributed by atoms with van der Waals surface area (Å²) in [6.45, 7) is 6.46. The van der Waals surface area contributed by atoms with Crippen molar-refractivity contribution in [2.24, 2.45) is 0 Å². The molecule has 1 aromatic carbocycles. The van der Waals surface area contributed by atoms with Gasteiger partial charge in [0, 0.05) is 20.8 Å². The number of aryl methyl sites for hydroxylation is 1. The zero-order valence-electron chi connectivity index (χ0n) is 12.1. The van der Waals surface area contributed by atoms with E-state index >= 15 is 0 Å². The SMILES string of the molecule is C=Cc1cccc(CCCO[SiH2]C(C)(OC)OC)c1. The van der Waals surface area contributed by atoms with Gasteiger partial charge in [-0.15, -0.1) is 0 Å². The quantitative estimate of drug-likeness (QED) is 0.395. The van der Waals surface area contributed by atoms with E-state index in [1.807, 2.05) is 13.0 Å². The second-order valence-corrected chi connectivity index (χ2v) is 6.63. The van der Waals surface area contributed by atoms with E-state index in [1.54, 1.807) is 14.2 Å². The number of hydrogen-bond acceptors (Lipinski definition) is 3. The normalized spacial score (nSPS) is 12.2. The second-order valence-electron chi connectivity index (χ2n) is 4.65. The third-order valence-electron chi connectivity index (χ3n) is 3.17. The zero-order valence-corrected chi connectivity index (χ0v) is 13.6. The van der Waals surface area contributed by atoms with E-state index in [9.17, 15) is 0 Å². The van der Waals surface area contributed by atoms with E-state index in [0.29, 0.717) is 0 Å². The van der Waals surface area contributed by atoms with Gasteiger partial charge in [-0.3, -0.25) is 0 Å². The molecule has 0 saturated carbocycles. The van der Waals surface area contributed by atoms with Crippen molar-refractivity contribution in [3.05, 3.63) is 42.0 Å². The van der Waals surface area contributed by atoms with Crippen molar-refractivity contribution in [2.75, 3.05) is 20.8 Å². The van der Waals surface area contributed by atoms with E-state index in [4.69, 9.17) is 13.9 Å². The molecule has 4 heteroatoms. The number of rotatable bonds is 9. The van der Waals surface area contributed by atoms with E-state index in [0.717, 1.165) is 19.4 Å². The Morgan fingerprint density at radius 1 is 1.32 bits per heavy atom. The average Bonchev–Trinajstić information content (AvgIpc) is 2.47. The molecular weight excluding hydrogens is 256 g/mol. The van der Waals surface area contributed by atoms with Crippen LogP contribution in [0, 0.1) is 0 Å². The fourth-order valence-electron chi connectivity index (χ4n) is 1.71. The lowest BCUT2D eigenvalue weighted by atomic mass is 10.1. The maximum Gasteiger partial charge on any atom is 0.227 e. The van der Waals surface area contributed by atoms with Crippen LogP contribution in [-0.2, 0) is 20.3 Å². The van der Waals surface area contributed by atoms with Crippen LogP contribution >= 0.6 is 0 Å². The number of hydrogen-bond donors (Lipinski definition) is 0. The Balaban J connectivity index is 2.25. The van der Waals surface area contributed by atoms with Gasteiger partial charge in [-0.1, -0.05) is 36.9 Å². The number of ether oxygens (including phenoxy) is 2. The van der Waals surface area contributed by atoms with Crippen molar-refractivity contribution in [3.8, 4) is 0 Å². The molecule has 0 spiro atoms. The topological polar surface area (TPSA) is 27.7 Å². The van der Waals surface area contributed by atoms with E-state index < -0.39 is 15.2 Å². The molecule has 1 rings (SSSR count). The molecule has 0 radical (unpaired) electrons. The van der Waals surface area contributed by atoms with E-state index in [1.165, 1.54) is 11.1 Å². The molecular formula is C15H24O3Si. The second kappa shape index (κ2) is 8.27. The van der Waals surface area contributed by atoms with E-state index in [2.05, 4.69) is 30.8 Å². The fraction of sp³-hybridized carbons (Fsp3) is 0.467. The van der Waals surface area contributed by atoms with Crippen LogP contribution in [0.2, 0.25) is 0 Å². The van der Waals surface area contributed by atoms with Gasteiger partial charge in [0.05, 0.1) is 0 Å². The van der Waals surface area contributed by atoms with Gasteiger partial charge in [0.2, 0.25) is 9.76 Å². The first-order chi connectivity index (χ1) is 9.13. The molecule has 0 N–H and O–H groups in total. The largest absolute Gasteiger partial charge is 0.418 e. The van der Waals surface area contributed by atoms with Gasteiger partial charge in [0.25, 0.3) is 0 Å². The lowest BCUT2D eigenvalue weighted by Gasteiger charge is -2.25. The van der Waals surface area contributed by atoms with Crippen molar-refractivity contribution in [2.45, 2.75) is 25.2 Å². The van der Waals surface area contributed by atoms with Crippen molar-refractivity contribution in [1.82, 2.24) is 0 Å². The smallest absolute Gasteiger partial charge is 0.227 e. The molecule has 19 heavy (non-hydrogen) atoms. The molecule has 0 bridgehead atoms. The summed E-state index contributed by atoms with van der Waals surface area (Å²) < 4.78 is 16.3. The molecule has 0 aromatic heterocycles. The first-order valence-electron chi connectivity index (χ1n) is 6.53. The Kier molecular flexibility index (Phi) is 7.01. The van der Waals surface area contributed by atoms with Gasteiger partial charge >= 0.3 is 0 Å². The van der Waals surface area contributed by atoms with Crippen molar-refractivity contribution < 1.29 is 13.9 Å². The van der Waals surface area contributed by atoms with Crippen LogP contribution in [-0.4, -0.2) is 36.0 Å². The molecule has 0 aliphatic carbocycles. The molecule has 0 amide bonds. The minimum Gasteiger partial charge on any atom is -0.418 e. The molecule has 1 aromatic rings. The third kappa shape index (κ3) is 5.70. The minimum absolute atomic E-state index is 0.511. The summed E-state index contributed by atoms with van der Waals surface area (Å²) >= 11 is 0. The van der Waals surface area contributed by atoms with Crippen LogP contribution < -0.4 is 0 Å². The van der Waals surface area contributed by atoms with Gasteiger partial charge in [-0.25, -0.2) is 0 Å². The molecule has 0 atom stereocenters.